The highest BCUT2D eigenvalue weighted by atomic mass is 16.5. The number of aromatic nitrogens is 2. The summed E-state index contributed by atoms with van der Waals surface area (Å²) < 4.78 is 7.03. The van der Waals surface area contributed by atoms with Crippen LogP contribution in [-0.2, 0) is 6.54 Å². The minimum atomic E-state index is -0.542. The van der Waals surface area contributed by atoms with Gasteiger partial charge in [-0.2, -0.15) is 5.10 Å². The van der Waals surface area contributed by atoms with Crippen LogP contribution >= 0.6 is 0 Å². The van der Waals surface area contributed by atoms with Crippen LogP contribution in [0.2, 0.25) is 0 Å². The summed E-state index contributed by atoms with van der Waals surface area (Å²) >= 11 is 0. The number of aliphatic hydroxyl groups is 1. The van der Waals surface area contributed by atoms with Crippen molar-refractivity contribution < 1.29 is 9.84 Å². The number of nitrogens with one attached hydrogen (secondary N) is 1. The first kappa shape index (κ1) is 11.4. The molecule has 0 bridgehead atoms. The summed E-state index contributed by atoms with van der Waals surface area (Å²) in [5.74, 6) is 0.669. The number of hydrogen-bond donors (Lipinski definition) is 2. The molecule has 5 nitrogen and oxygen atoms in total. The summed E-state index contributed by atoms with van der Waals surface area (Å²) in [5, 5.41) is 17.8. The van der Waals surface area contributed by atoms with Crippen LogP contribution < -0.4 is 10.1 Å². The summed E-state index contributed by atoms with van der Waals surface area (Å²) in [6, 6.07) is 0.121. The first-order valence-electron chi connectivity index (χ1n) is 5.79. The third-order valence-electron chi connectivity index (χ3n) is 3.12. The van der Waals surface area contributed by atoms with E-state index < -0.39 is 6.10 Å². The maximum atomic E-state index is 10.3. The smallest absolute Gasteiger partial charge is 0.162 e. The van der Waals surface area contributed by atoms with Crippen molar-refractivity contribution in [2.75, 3.05) is 13.7 Å². The van der Waals surface area contributed by atoms with Gasteiger partial charge in [0.2, 0.25) is 0 Å². The van der Waals surface area contributed by atoms with Crippen LogP contribution in [0.4, 0.5) is 0 Å². The van der Waals surface area contributed by atoms with Crippen LogP contribution in [-0.4, -0.2) is 34.6 Å². The SMILES string of the molecule is CCn1ncc(OC)c1C(O)C1CCCN1. The van der Waals surface area contributed by atoms with Crippen molar-refractivity contribution in [3.05, 3.63) is 11.9 Å². The molecule has 2 unspecified atom stereocenters. The van der Waals surface area contributed by atoms with E-state index in [0.29, 0.717) is 5.75 Å². The Bertz CT molecular complexity index is 323. The number of aliphatic hydroxyl groups excluding tert-OH is 1. The van der Waals surface area contributed by atoms with Gasteiger partial charge >= 0.3 is 0 Å². The van der Waals surface area contributed by atoms with Gasteiger partial charge in [-0.1, -0.05) is 0 Å². The molecule has 2 rings (SSSR count). The van der Waals surface area contributed by atoms with E-state index in [1.807, 2.05) is 6.92 Å². The molecule has 2 N–H and O–H groups in total. The molecule has 2 heterocycles. The molecule has 0 radical (unpaired) electrons. The van der Waals surface area contributed by atoms with E-state index in [4.69, 9.17) is 4.74 Å². The lowest BCUT2D eigenvalue weighted by Gasteiger charge is -2.20. The Morgan fingerprint density at radius 1 is 1.75 bits per heavy atom. The van der Waals surface area contributed by atoms with Gasteiger partial charge in [0.1, 0.15) is 11.8 Å². The van der Waals surface area contributed by atoms with Gasteiger partial charge in [0.15, 0.2) is 5.75 Å². The van der Waals surface area contributed by atoms with E-state index in [1.54, 1.807) is 18.0 Å². The second-order valence-corrected chi connectivity index (χ2v) is 4.06. The quantitative estimate of drug-likeness (QED) is 0.792. The average Bonchev–Trinajstić information content (AvgIpc) is 2.96. The molecule has 5 heteroatoms. The minimum Gasteiger partial charge on any atom is -0.493 e. The number of hydrogen-bond acceptors (Lipinski definition) is 4. The van der Waals surface area contributed by atoms with Gasteiger partial charge in [-0.3, -0.25) is 4.68 Å². The Kier molecular flexibility index (Phi) is 3.46. The molecular weight excluding hydrogens is 206 g/mol. The van der Waals surface area contributed by atoms with Gasteiger partial charge in [0, 0.05) is 12.6 Å². The Hall–Kier alpha value is -1.07. The van der Waals surface area contributed by atoms with Crippen LogP contribution in [0.3, 0.4) is 0 Å². The molecule has 1 aromatic heterocycles. The molecule has 1 aliphatic rings. The van der Waals surface area contributed by atoms with Crippen LogP contribution in [0.25, 0.3) is 0 Å². The predicted molar refractivity (Wildman–Crippen MR) is 60.4 cm³/mol. The maximum absolute atomic E-state index is 10.3. The molecule has 0 aliphatic carbocycles. The third-order valence-corrected chi connectivity index (χ3v) is 3.12. The molecule has 0 amide bonds. The molecule has 0 saturated carbocycles. The highest BCUT2D eigenvalue weighted by Gasteiger charge is 2.29. The number of aryl methyl sites for hydroxylation is 1. The van der Waals surface area contributed by atoms with Gasteiger partial charge < -0.3 is 15.2 Å². The molecule has 1 saturated heterocycles. The fourth-order valence-electron chi connectivity index (χ4n) is 2.26. The molecule has 0 aromatic carbocycles. The minimum absolute atomic E-state index is 0.121. The lowest BCUT2D eigenvalue weighted by Crippen LogP contribution is -2.30. The van der Waals surface area contributed by atoms with Gasteiger partial charge in [-0.25, -0.2) is 0 Å². The molecule has 2 atom stereocenters. The van der Waals surface area contributed by atoms with E-state index in [-0.39, 0.29) is 6.04 Å². The van der Waals surface area contributed by atoms with E-state index in [0.717, 1.165) is 31.6 Å². The van der Waals surface area contributed by atoms with Crippen molar-refractivity contribution in [2.45, 2.75) is 38.5 Å². The van der Waals surface area contributed by atoms with Crippen LogP contribution in [0.5, 0.6) is 5.75 Å². The van der Waals surface area contributed by atoms with Gasteiger partial charge in [0.05, 0.1) is 13.3 Å². The second-order valence-electron chi connectivity index (χ2n) is 4.06. The summed E-state index contributed by atoms with van der Waals surface area (Å²) in [6.07, 6.45) is 3.24. The predicted octanol–water partition coefficient (Wildman–Crippen LogP) is 0.697. The highest BCUT2D eigenvalue weighted by Crippen LogP contribution is 2.29. The molecular formula is C11H19N3O2. The highest BCUT2D eigenvalue weighted by molar-refractivity contribution is 5.28. The third kappa shape index (κ3) is 1.92. The topological polar surface area (TPSA) is 59.3 Å². The van der Waals surface area contributed by atoms with Gasteiger partial charge in [0.25, 0.3) is 0 Å². The lowest BCUT2D eigenvalue weighted by molar-refractivity contribution is 0.124. The second kappa shape index (κ2) is 4.84. The molecule has 1 aliphatic heterocycles. The van der Waals surface area contributed by atoms with Crippen molar-refractivity contribution in [3.63, 3.8) is 0 Å². The Morgan fingerprint density at radius 2 is 2.56 bits per heavy atom. The normalized spacial score (nSPS) is 22.3. The summed E-state index contributed by atoms with van der Waals surface area (Å²) in [7, 11) is 1.61. The number of ether oxygens (including phenoxy) is 1. The molecule has 0 spiro atoms. The zero-order chi connectivity index (χ0) is 11.5. The monoisotopic (exact) mass is 225 g/mol. The number of methoxy groups -OCH3 is 1. The molecule has 1 aromatic rings. The van der Waals surface area contributed by atoms with Crippen molar-refractivity contribution >= 4 is 0 Å². The Labute approximate surface area is 95.4 Å². The fourth-order valence-corrected chi connectivity index (χ4v) is 2.26. The lowest BCUT2D eigenvalue weighted by atomic mass is 10.1. The van der Waals surface area contributed by atoms with E-state index >= 15 is 0 Å². The van der Waals surface area contributed by atoms with Crippen LogP contribution in [0.15, 0.2) is 6.20 Å². The summed E-state index contributed by atoms with van der Waals surface area (Å²) in [5.41, 5.74) is 0.782. The fraction of sp³-hybridized carbons (Fsp3) is 0.727. The molecule has 16 heavy (non-hydrogen) atoms. The first-order chi connectivity index (χ1) is 7.77. The van der Waals surface area contributed by atoms with Crippen molar-refractivity contribution in [1.82, 2.24) is 15.1 Å². The first-order valence-corrected chi connectivity index (χ1v) is 5.79. The number of nitrogens with zero attached hydrogens (tertiary/aromatic N) is 2. The van der Waals surface area contributed by atoms with Gasteiger partial charge in [-0.05, 0) is 26.3 Å². The van der Waals surface area contributed by atoms with E-state index in [1.165, 1.54) is 0 Å². The van der Waals surface area contributed by atoms with Crippen LogP contribution in [0, 0.1) is 0 Å². The molecule has 90 valence electrons. The zero-order valence-corrected chi connectivity index (χ0v) is 9.81. The maximum Gasteiger partial charge on any atom is 0.162 e. The average molecular weight is 225 g/mol. The Morgan fingerprint density at radius 3 is 3.12 bits per heavy atom. The van der Waals surface area contributed by atoms with Crippen molar-refractivity contribution in [3.8, 4) is 5.75 Å². The van der Waals surface area contributed by atoms with Crippen LogP contribution in [0.1, 0.15) is 31.6 Å². The number of rotatable bonds is 4. The standard InChI is InChI=1S/C11H19N3O2/c1-3-14-10(9(16-2)7-13-14)11(15)8-5-4-6-12-8/h7-8,11-12,15H,3-6H2,1-2H3. The van der Waals surface area contributed by atoms with E-state index in [9.17, 15) is 5.11 Å². The Balaban J connectivity index is 2.25. The summed E-state index contributed by atoms with van der Waals surface area (Å²) in [6.45, 7) is 3.72. The zero-order valence-electron chi connectivity index (χ0n) is 9.81. The van der Waals surface area contributed by atoms with E-state index in [2.05, 4.69) is 10.4 Å². The molecule has 1 fully saturated rings. The largest absolute Gasteiger partial charge is 0.493 e. The van der Waals surface area contributed by atoms with Crippen molar-refractivity contribution in [1.29, 1.82) is 0 Å². The summed E-state index contributed by atoms with van der Waals surface area (Å²) in [4.78, 5) is 0. The van der Waals surface area contributed by atoms with Gasteiger partial charge in [-0.15, -0.1) is 0 Å². The van der Waals surface area contributed by atoms with Crippen molar-refractivity contribution in [2.24, 2.45) is 0 Å².